The van der Waals surface area contributed by atoms with Gasteiger partial charge in [-0.3, -0.25) is 4.79 Å². The predicted octanol–water partition coefficient (Wildman–Crippen LogP) is 4.86. The monoisotopic (exact) mass is 389 g/mol. The molecular formula is C19H13Cl2NO4. The molecule has 3 aromatic carbocycles. The van der Waals surface area contributed by atoms with E-state index >= 15 is 0 Å². The molecule has 0 aromatic heterocycles. The first-order valence-electron chi connectivity index (χ1n) is 7.58. The van der Waals surface area contributed by atoms with Gasteiger partial charge < -0.3 is 15.2 Å². The molecular weight excluding hydrogens is 377 g/mol. The Kier molecular flexibility index (Phi) is 5.30. The molecule has 0 bridgehead atoms. The van der Waals surface area contributed by atoms with Crippen molar-refractivity contribution in [3.8, 4) is 5.75 Å². The minimum absolute atomic E-state index is 0.00861. The second-order valence-corrected chi connectivity index (χ2v) is 6.31. The Balaban J connectivity index is 1.88. The molecule has 1 amide bonds. The van der Waals surface area contributed by atoms with Crippen LogP contribution in [0.3, 0.4) is 0 Å². The summed E-state index contributed by atoms with van der Waals surface area (Å²) in [7, 11) is 0. The fourth-order valence-corrected chi connectivity index (χ4v) is 3.09. The highest BCUT2D eigenvalue weighted by Gasteiger charge is 2.15. The number of fused-ring (bicyclic) bond motifs is 1. The first kappa shape index (κ1) is 18.0. The number of halogens is 2. The molecule has 0 aliphatic rings. The maximum Gasteiger partial charge on any atom is 0.335 e. The molecule has 0 unspecified atom stereocenters. The van der Waals surface area contributed by atoms with Gasteiger partial charge in [-0.15, -0.1) is 0 Å². The third kappa shape index (κ3) is 4.07. The minimum atomic E-state index is -1.12. The molecule has 0 saturated heterocycles. The average Bonchev–Trinajstić information content (AvgIpc) is 2.59. The van der Waals surface area contributed by atoms with E-state index in [9.17, 15) is 14.7 Å². The zero-order chi connectivity index (χ0) is 18.7. The number of ether oxygens (including phenoxy) is 1. The maximum atomic E-state index is 12.1. The van der Waals surface area contributed by atoms with Crippen LogP contribution in [-0.2, 0) is 4.79 Å². The average molecular weight is 390 g/mol. The molecule has 7 heteroatoms. The van der Waals surface area contributed by atoms with Crippen LogP contribution >= 0.6 is 23.2 Å². The first-order chi connectivity index (χ1) is 12.4. The zero-order valence-corrected chi connectivity index (χ0v) is 14.8. The van der Waals surface area contributed by atoms with Gasteiger partial charge in [-0.1, -0.05) is 41.4 Å². The standard InChI is InChI=1S/C19H13Cl2NO4/c20-13-7-11-6-12(19(24)25)8-16(18(11)15(21)9-13)26-10-17(23)22-14-4-2-1-3-5-14/h1-9H,10H2,(H,22,23)(H,24,25). The number of carboxylic acids is 1. The number of hydrogen-bond donors (Lipinski definition) is 2. The van der Waals surface area contributed by atoms with Crippen LogP contribution in [0.1, 0.15) is 10.4 Å². The van der Waals surface area contributed by atoms with Gasteiger partial charge in [-0.25, -0.2) is 4.79 Å². The summed E-state index contributed by atoms with van der Waals surface area (Å²) in [4.78, 5) is 23.4. The summed E-state index contributed by atoms with van der Waals surface area (Å²) in [5.41, 5.74) is 0.643. The molecule has 3 rings (SSSR count). The highest BCUT2D eigenvalue weighted by atomic mass is 35.5. The van der Waals surface area contributed by atoms with Crippen molar-refractivity contribution in [2.24, 2.45) is 0 Å². The van der Waals surface area contributed by atoms with Gasteiger partial charge in [-0.2, -0.15) is 0 Å². The molecule has 0 aliphatic carbocycles. The van der Waals surface area contributed by atoms with Crippen LogP contribution < -0.4 is 10.1 Å². The van der Waals surface area contributed by atoms with Crippen molar-refractivity contribution < 1.29 is 19.4 Å². The van der Waals surface area contributed by atoms with Crippen LogP contribution in [0.25, 0.3) is 10.8 Å². The fourth-order valence-electron chi connectivity index (χ4n) is 2.49. The zero-order valence-electron chi connectivity index (χ0n) is 13.3. The second-order valence-electron chi connectivity index (χ2n) is 5.47. The Labute approximate surface area is 159 Å². The van der Waals surface area contributed by atoms with E-state index in [2.05, 4.69) is 5.32 Å². The molecule has 2 N–H and O–H groups in total. The summed E-state index contributed by atoms with van der Waals surface area (Å²) in [6, 6.07) is 14.8. The third-order valence-electron chi connectivity index (χ3n) is 3.59. The van der Waals surface area contributed by atoms with Crippen LogP contribution in [-0.4, -0.2) is 23.6 Å². The van der Waals surface area contributed by atoms with E-state index in [0.29, 0.717) is 26.5 Å². The van der Waals surface area contributed by atoms with Crippen LogP contribution in [0, 0.1) is 0 Å². The number of hydrogen-bond acceptors (Lipinski definition) is 3. The maximum absolute atomic E-state index is 12.1. The molecule has 0 saturated carbocycles. The molecule has 5 nitrogen and oxygen atoms in total. The van der Waals surface area contributed by atoms with Gasteiger partial charge in [0.05, 0.1) is 10.6 Å². The Morgan fingerprint density at radius 2 is 1.77 bits per heavy atom. The van der Waals surface area contributed by atoms with Gasteiger partial charge in [0.25, 0.3) is 5.91 Å². The van der Waals surface area contributed by atoms with Crippen LogP contribution in [0.2, 0.25) is 10.0 Å². The lowest BCUT2D eigenvalue weighted by atomic mass is 10.1. The largest absolute Gasteiger partial charge is 0.483 e. The molecule has 0 spiro atoms. The molecule has 3 aromatic rings. The predicted molar refractivity (Wildman–Crippen MR) is 101 cm³/mol. The van der Waals surface area contributed by atoms with Crippen molar-refractivity contribution in [3.05, 3.63) is 70.2 Å². The number of rotatable bonds is 5. The lowest BCUT2D eigenvalue weighted by Gasteiger charge is -2.12. The third-order valence-corrected chi connectivity index (χ3v) is 4.11. The molecule has 0 heterocycles. The van der Waals surface area contributed by atoms with Gasteiger partial charge in [0.2, 0.25) is 0 Å². The molecule has 0 fully saturated rings. The number of carboxylic acid groups (broad SMARTS) is 1. The lowest BCUT2D eigenvalue weighted by molar-refractivity contribution is -0.118. The Morgan fingerprint density at radius 3 is 2.46 bits per heavy atom. The molecule has 132 valence electrons. The van der Waals surface area contributed by atoms with E-state index in [4.69, 9.17) is 27.9 Å². The van der Waals surface area contributed by atoms with Crippen molar-refractivity contribution in [2.45, 2.75) is 0 Å². The first-order valence-corrected chi connectivity index (χ1v) is 8.33. The fraction of sp³-hybridized carbons (Fsp3) is 0.0526. The summed E-state index contributed by atoms with van der Waals surface area (Å²) in [6.45, 7) is -0.300. The molecule has 0 radical (unpaired) electrons. The van der Waals surface area contributed by atoms with E-state index in [1.165, 1.54) is 18.2 Å². The highest BCUT2D eigenvalue weighted by Crippen LogP contribution is 2.36. The van der Waals surface area contributed by atoms with Crippen molar-refractivity contribution in [3.63, 3.8) is 0 Å². The Morgan fingerprint density at radius 1 is 1.04 bits per heavy atom. The SMILES string of the molecule is O=C(COc1cc(C(=O)O)cc2cc(Cl)cc(Cl)c12)Nc1ccccc1. The van der Waals surface area contributed by atoms with Gasteiger partial charge in [0.1, 0.15) is 5.75 Å². The number of para-hydroxylation sites is 1. The van der Waals surface area contributed by atoms with Crippen molar-refractivity contribution >= 4 is 51.5 Å². The Bertz CT molecular complexity index is 990. The van der Waals surface area contributed by atoms with E-state index in [-0.39, 0.29) is 23.8 Å². The number of anilines is 1. The van der Waals surface area contributed by atoms with Crippen molar-refractivity contribution in [2.75, 3.05) is 11.9 Å². The van der Waals surface area contributed by atoms with Crippen LogP contribution in [0.4, 0.5) is 5.69 Å². The Hall–Kier alpha value is -2.76. The molecule has 26 heavy (non-hydrogen) atoms. The number of amides is 1. The van der Waals surface area contributed by atoms with E-state index in [0.717, 1.165) is 0 Å². The van der Waals surface area contributed by atoms with Gasteiger partial charge >= 0.3 is 5.97 Å². The molecule has 0 atom stereocenters. The van der Waals surface area contributed by atoms with Crippen LogP contribution in [0.15, 0.2) is 54.6 Å². The topological polar surface area (TPSA) is 75.6 Å². The van der Waals surface area contributed by atoms with Gasteiger partial charge in [0.15, 0.2) is 6.61 Å². The summed E-state index contributed by atoms with van der Waals surface area (Å²) >= 11 is 12.2. The van der Waals surface area contributed by atoms with Crippen molar-refractivity contribution in [1.82, 2.24) is 0 Å². The number of carbonyl (C=O) groups is 2. The summed E-state index contributed by atoms with van der Waals surface area (Å²) in [6.07, 6.45) is 0. The van der Waals surface area contributed by atoms with E-state index in [1.807, 2.05) is 6.07 Å². The number of nitrogens with one attached hydrogen (secondary N) is 1. The highest BCUT2D eigenvalue weighted by molar-refractivity contribution is 6.39. The smallest absolute Gasteiger partial charge is 0.335 e. The summed E-state index contributed by atoms with van der Waals surface area (Å²) < 4.78 is 5.56. The minimum Gasteiger partial charge on any atom is -0.483 e. The van der Waals surface area contributed by atoms with Gasteiger partial charge in [0, 0.05) is 16.1 Å². The summed E-state index contributed by atoms with van der Waals surface area (Å²) in [5.74, 6) is -1.30. The summed E-state index contributed by atoms with van der Waals surface area (Å²) in [5, 5.41) is 13.7. The number of aromatic carboxylic acids is 1. The molecule has 0 aliphatic heterocycles. The lowest BCUT2D eigenvalue weighted by Crippen LogP contribution is -2.20. The quantitative estimate of drug-likeness (QED) is 0.652. The van der Waals surface area contributed by atoms with Crippen molar-refractivity contribution in [1.29, 1.82) is 0 Å². The van der Waals surface area contributed by atoms with Crippen LogP contribution in [0.5, 0.6) is 5.75 Å². The van der Waals surface area contributed by atoms with E-state index < -0.39 is 5.97 Å². The normalized spacial score (nSPS) is 10.5. The number of carbonyl (C=O) groups excluding carboxylic acids is 1. The second kappa shape index (κ2) is 7.64. The van der Waals surface area contributed by atoms with Gasteiger partial charge in [-0.05, 0) is 41.8 Å². The number of benzene rings is 3. The van der Waals surface area contributed by atoms with E-state index in [1.54, 1.807) is 30.3 Å².